The van der Waals surface area contributed by atoms with Gasteiger partial charge in [0.1, 0.15) is 11.6 Å². The lowest BCUT2D eigenvalue weighted by molar-refractivity contribution is -0.119. The number of carbonyl (C=O) groups excluding carboxylic acids is 2. The van der Waals surface area contributed by atoms with Crippen molar-refractivity contribution in [2.75, 3.05) is 0 Å². The number of carbonyl (C=O) groups is 2. The van der Waals surface area contributed by atoms with Crippen molar-refractivity contribution in [2.24, 2.45) is 5.92 Å². The van der Waals surface area contributed by atoms with E-state index in [0.29, 0.717) is 5.56 Å². The normalized spacial score (nSPS) is 12.0. The first-order valence-electron chi connectivity index (χ1n) is 6.53. The average molecular weight is 305 g/mol. The van der Waals surface area contributed by atoms with E-state index in [4.69, 9.17) is 11.6 Å². The molecular formula is C17H14ClFO2. The van der Waals surface area contributed by atoms with Gasteiger partial charge in [-0.25, -0.2) is 4.39 Å². The highest BCUT2D eigenvalue weighted by atomic mass is 35.5. The molecule has 0 amide bonds. The van der Waals surface area contributed by atoms with Crippen LogP contribution in [0.2, 0.25) is 5.02 Å². The predicted octanol–water partition coefficient (Wildman–Crippen LogP) is 4.11. The highest BCUT2D eigenvalue weighted by Gasteiger charge is 2.26. The molecule has 0 radical (unpaired) electrons. The molecular weight excluding hydrogens is 291 g/mol. The third kappa shape index (κ3) is 3.56. The topological polar surface area (TPSA) is 34.1 Å². The Morgan fingerprint density at radius 2 is 1.76 bits per heavy atom. The number of halogens is 2. The zero-order chi connectivity index (χ0) is 15.4. The second-order valence-electron chi connectivity index (χ2n) is 4.80. The van der Waals surface area contributed by atoms with Crippen LogP contribution in [-0.2, 0) is 11.2 Å². The average Bonchev–Trinajstić information content (AvgIpc) is 2.47. The van der Waals surface area contributed by atoms with Crippen molar-refractivity contribution in [3.63, 3.8) is 0 Å². The number of rotatable bonds is 5. The van der Waals surface area contributed by atoms with Gasteiger partial charge in [-0.3, -0.25) is 9.59 Å². The van der Waals surface area contributed by atoms with E-state index < -0.39 is 11.7 Å². The van der Waals surface area contributed by atoms with Gasteiger partial charge >= 0.3 is 0 Å². The van der Waals surface area contributed by atoms with Crippen molar-refractivity contribution >= 4 is 23.2 Å². The molecule has 108 valence electrons. The summed E-state index contributed by atoms with van der Waals surface area (Å²) in [6.07, 6.45) is -0.0332. The number of hydrogen-bond acceptors (Lipinski definition) is 2. The number of Topliss-reactive ketones (excluding diaryl/α,β-unsaturated/α-hetero) is 2. The van der Waals surface area contributed by atoms with Crippen molar-refractivity contribution in [3.05, 3.63) is 70.5 Å². The first-order valence-corrected chi connectivity index (χ1v) is 6.91. The summed E-state index contributed by atoms with van der Waals surface area (Å²) in [4.78, 5) is 24.2. The van der Waals surface area contributed by atoms with Crippen LogP contribution in [0.4, 0.5) is 4.39 Å². The first-order chi connectivity index (χ1) is 10.0. The molecule has 0 bridgehead atoms. The minimum atomic E-state index is -0.929. The summed E-state index contributed by atoms with van der Waals surface area (Å²) in [6, 6.07) is 12.8. The summed E-state index contributed by atoms with van der Waals surface area (Å²) in [5.74, 6) is -2.05. The highest BCUT2D eigenvalue weighted by molar-refractivity contribution is 6.31. The van der Waals surface area contributed by atoms with E-state index in [1.165, 1.54) is 19.1 Å². The lowest BCUT2D eigenvalue weighted by Crippen LogP contribution is -2.25. The minimum absolute atomic E-state index is 0.0332. The van der Waals surface area contributed by atoms with Crippen LogP contribution in [0.5, 0.6) is 0 Å². The van der Waals surface area contributed by atoms with Gasteiger partial charge in [0.15, 0.2) is 5.78 Å². The molecule has 0 unspecified atom stereocenters. The van der Waals surface area contributed by atoms with Gasteiger partial charge in [0.25, 0.3) is 0 Å². The Morgan fingerprint density at radius 3 is 2.33 bits per heavy atom. The largest absolute Gasteiger partial charge is 0.299 e. The molecule has 21 heavy (non-hydrogen) atoms. The lowest BCUT2D eigenvalue weighted by atomic mass is 9.88. The minimum Gasteiger partial charge on any atom is -0.299 e. The number of ketones is 2. The Hall–Kier alpha value is -2.00. The zero-order valence-electron chi connectivity index (χ0n) is 11.5. The van der Waals surface area contributed by atoms with Gasteiger partial charge in [-0.15, -0.1) is 0 Å². The van der Waals surface area contributed by atoms with Gasteiger partial charge in [-0.2, -0.15) is 0 Å². The maximum absolute atomic E-state index is 13.8. The quantitative estimate of drug-likeness (QED) is 0.615. The first kappa shape index (κ1) is 15.4. The van der Waals surface area contributed by atoms with Crippen LogP contribution in [0.15, 0.2) is 48.5 Å². The molecule has 0 aliphatic rings. The molecule has 0 aliphatic heterocycles. The van der Waals surface area contributed by atoms with Gasteiger partial charge in [-0.05, 0) is 25.5 Å². The van der Waals surface area contributed by atoms with E-state index in [1.54, 1.807) is 36.4 Å². The number of benzene rings is 2. The lowest BCUT2D eigenvalue weighted by Gasteiger charge is -2.14. The van der Waals surface area contributed by atoms with Crippen molar-refractivity contribution < 1.29 is 14.0 Å². The molecule has 2 aromatic rings. The molecule has 0 saturated carbocycles. The monoisotopic (exact) mass is 304 g/mol. The second kappa shape index (κ2) is 6.64. The fraction of sp³-hybridized carbons (Fsp3) is 0.176. The van der Waals surface area contributed by atoms with Crippen molar-refractivity contribution in [1.82, 2.24) is 0 Å². The summed E-state index contributed by atoms with van der Waals surface area (Å²) in [5, 5.41) is 0.224. The standard InChI is InChI=1S/C17H14ClFO2/c1-11(20)13(17(21)12-6-3-2-4-7-12)10-14-15(18)8-5-9-16(14)19/h2-9,13H,10H2,1H3/t13-/m1/s1. The van der Waals surface area contributed by atoms with Crippen molar-refractivity contribution in [2.45, 2.75) is 13.3 Å². The zero-order valence-corrected chi connectivity index (χ0v) is 12.2. The van der Waals surface area contributed by atoms with Crippen LogP contribution in [-0.4, -0.2) is 11.6 Å². The molecule has 0 saturated heterocycles. The molecule has 0 heterocycles. The fourth-order valence-electron chi connectivity index (χ4n) is 2.16. The molecule has 1 atom stereocenters. The maximum Gasteiger partial charge on any atom is 0.173 e. The van der Waals surface area contributed by atoms with Crippen LogP contribution < -0.4 is 0 Å². The SMILES string of the molecule is CC(=O)[C@@H](Cc1c(F)cccc1Cl)C(=O)c1ccccc1. The van der Waals surface area contributed by atoms with E-state index in [0.717, 1.165) is 0 Å². The van der Waals surface area contributed by atoms with E-state index in [2.05, 4.69) is 0 Å². The van der Waals surface area contributed by atoms with E-state index in [9.17, 15) is 14.0 Å². The Labute approximate surface area is 127 Å². The Balaban J connectivity index is 2.33. The van der Waals surface area contributed by atoms with Crippen LogP contribution >= 0.6 is 11.6 Å². The summed E-state index contributed by atoms with van der Waals surface area (Å²) in [6.45, 7) is 1.33. The summed E-state index contributed by atoms with van der Waals surface area (Å²) < 4.78 is 13.8. The fourth-order valence-corrected chi connectivity index (χ4v) is 2.40. The Kier molecular flexibility index (Phi) is 4.86. The smallest absolute Gasteiger partial charge is 0.173 e. The van der Waals surface area contributed by atoms with Crippen LogP contribution in [0, 0.1) is 11.7 Å². The summed E-state index contributed by atoms with van der Waals surface area (Å²) >= 11 is 5.97. The van der Waals surface area contributed by atoms with Crippen molar-refractivity contribution in [1.29, 1.82) is 0 Å². The van der Waals surface area contributed by atoms with E-state index in [-0.39, 0.29) is 28.6 Å². The Bertz CT molecular complexity index is 647. The predicted molar refractivity (Wildman–Crippen MR) is 80.1 cm³/mol. The van der Waals surface area contributed by atoms with E-state index >= 15 is 0 Å². The third-order valence-electron chi connectivity index (χ3n) is 3.34. The molecule has 0 N–H and O–H groups in total. The van der Waals surface area contributed by atoms with Crippen LogP contribution in [0.25, 0.3) is 0 Å². The summed E-state index contributed by atoms with van der Waals surface area (Å²) in [5.41, 5.74) is 0.633. The van der Waals surface area contributed by atoms with Crippen molar-refractivity contribution in [3.8, 4) is 0 Å². The molecule has 2 rings (SSSR count). The molecule has 0 aromatic heterocycles. The maximum atomic E-state index is 13.8. The van der Waals surface area contributed by atoms with Gasteiger partial charge in [-0.1, -0.05) is 48.0 Å². The molecule has 4 heteroatoms. The molecule has 2 nitrogen and oxygen atoms in total. The van der Waals surface area contributed by atoms with Crippen LogP contribution in [0.3, 0.4) is 0 Å². The molecule has 0 fully saturated rings. The highest BCUT2D eigenvalue weighted by Crippen LogP contribution is 2.24. The molecule has 2 aromatic carbocycles. The molecule has 0 spiro atoms. The van der Waals surface area contributed by atoms with Crippen LogP contribution in [0.1, 0.15) is 22.8 Å². The van der Waals surface area contributed by atoms with Gasteiger partial charge in [0, 0.05) is 16.1 Å². The van der Waals surface area contributed by atoms with Gasteiger partial charge in [0.2, 0.25) is 0 Å². The van der Waals surface area contributed by atoms with E-state index in [1.807, 2.05) is 0 Å². The molecule has 0 aliphatic carbocycles. The second-order valence-corrected chi connectivity index (χ2v) is 5.21. The van der Waals surface area contributed by atoms with Gasteiger partial charge < -0.3 is 0 Å². The Morgan fingerprint density at radius 1 is 1.10 bits per heavy atom. The summed E-state index contributed by atoms with van der Waals surface area (Å²) in [7, 11) is 0. The third-order valence-corrected chi connectivity index (χ3v) is 3.69. The number of hydrogen-bond donors (Lipinski definition) is 0. The van der Waals surface area contributed by atoms with Gasteiger partial charge in [0.05, 0.1) is 5.92 Å².